The first-order valence-corrected chi connectivity index (χ1v) is 7.43. The van der Waals surface area contributed by atoms with Crippen LogP contribution in [-0.4, -0.2) is 47.4 Å². The average molecular weight is 294 g/mol. The Kier molecular flexibility index (Phi) is 5.91. The number of aliphatic hydroxyl groups is 1. The van der Waals surface area contributed by atoms with Crippen molar-refractivity contribution >= 4 is 17.2 Å². The number of hydrogen-bond donors (Lipinski definition) is 2. The van der Waals surface area contributed by atoms with E-state index in [1.807, 2.05) is 12.1 Å². The summed E-state index contributed by atoms with van der Waals surface area (Å²) in [6.45, 7) is 3.57. The van der Waals surface area contributed by atoms with Crippen molar-refractivity contribution in [3.8, 4) is 0 Å². The number of aliphatic hydroxyl groups excluding tert-OH is 1. The fourth-order valence-corrected chi connectivity index (χ4v) is 2.62. The minimum Gasteiger partial charge on any atom is -0.394 e. The van der Waals surface area contributed by atoms with Gasteiger partial charge >= 0.3 is 0 Å². The molecule has 0 radical (unpaired) electrons. The summed E-state index contributed by atoms with van der Waals surface area (Å²) in [5, 5.41) is 8.75. The minimum absolute atomic E-state index is 0.107. The summed E-state index contributed by atoms with van der Waals surface area (Å²) in [6.07, 6.45) is 2.37. The molecule has 0 amide bonds. The van der Waals surface area contributed by atoms with Gasteiger partial charge in [-0.1, -0.05) is 36.5 Å². The standard InChI is InChI=1S/C15H22N2O2S/c16-15(20)13-3-1-12(2-4-13)11-17-7-5-14(6-8-17)19-10-9-18/h1-4,14,18H,5-11H2,(H2,16,20). The van der Waals surface area contributed by atoms with E-state index >= 15 is 0 Å². The van der Waals surface area contributed by atoms with Crippen molar-refractivity contribution in [3.63, 3.8) is 0 Å². The molecule has 110 valence electrons. The van der Waals surface area contributed by atoms with Gasteiger partial charge in [0.2, 0.25) is 0 Å². The fraction of sp³-hybridized carbons (Fsp3) is 0.533. The Labute approximate surface area is 125 Å². The molecule has 1 aliphatic heterocycles. The topological polar surface area (TPSA) is 58.7 Å². The van der Waals surface area contributed by atoms with Gasteiger partial charge in [0, 0.05) is 25.2 Å². The van der Waals surface area contributed by atoms with Crippen LogP contribution in [-0.2, 0) is 11.3 Å². The first kappa shape index (κ1) is 15.4. The van der Waals surface area contributed by atoms with Crippen molar-refractivity contribution in [2.75, 3.05) is 26.3 Å². The van der Waals surface area contributed by atoms with Crippen molar-refractivity contribution in [3.05, 3.63) is 35.4 Å². The molecule has 0 bridgehead atoms. The van der Waals surface area contributed by atoms with Crippen LogP contribution in [0.4, 0.5) is 0 Å². The number of benzene rings is 1. The maximum atomic E-state index is 8.75. The summed E-state index contributed by atoms with van der Waals surface area (Å²) in [6, 6.07) is 8.13. The van der Waals surface area contributed by atoms with Crippen LogP contribution in [0.15, 0.2) is 24.3 Å². The Morgan fingerprint density at radius 2 is 1.95 bits per heavy atom. The molecule has 5 heteroatoms. The summed E-state index contributed by atoms with van der Waals surface area (Å²) in [4.78, 5) is 2.87. The van der Waals surface area contributed by atoms with Gasteiger partial charge in [-0.05, 0) is 18.4 Å². The third-order valence-electron chi connectivity index (χ3n) is 3.62. The number of piperidine rings is 1. The second-order valence-corrected chi connectivity index (χ2v) is 5.57. The van der Waals surface area contributed by atoms with E-state index in [9.17, 15) is 0 Å². The van der Waals surface area contributed by atoms with E-state index in [4.69, 9.17) is 27.8 Å². The smallest absolute Gasteiger partial charge is 0.103 e. The van der Waals surface area contributed by atoms with Crippen molar-refractivity contribution in [2.45, 2.75) is 25.5 Å². The van der Waals surface area contributed by atoms with Crippen LogP contribution in [0.5, 0.6) is 0 Å². The van der Waals surface area contributed by atoms with Crippen LogP contribution in [0, 0.1) is 0 Å². The zero-order valence-corrected chi connectivity index (χ0v) is 12.4. The quantitative estimate of drug-likeness (QED) is 0.774. The van der Waals surface area contributed by atoms with E-state index in [1.54, 1.807) is 0 Å². The SMILES string of the molecule is NC(=S)c1ccc(CN2CCC(OCCO)CC2)cc1. The van der Waals surface area contributed by atoms with Gasteiger partial charge in [0.15, 0.2) is 0 Å². The third-order valence-corrected chi connectivity index (χ3v) is 3.86. The molecule has 0 aromatic heterocycles. The third kappa shape index (κ3) is 4.52. The van der Waals surface area contributed by atoms with E-state index in [2.05, 4.69) is 17.0 Å². The molecule has 4 nitrogen and oxygen atoms in total. The second-order valence-electron chi connectivity index (χ2n) is 5.13. The van der Waals surface area contributed by atoms with Crippen molar-refractivity contribution in [1.82, 2.24) is 4.90 Å². The Balaban J connectivity index is 1.79. The zero-order valence-electron chi connectivity index (χ0n) is 11.6. The van der Waals surface area contributed by atoms with E-state index in [1.165, 1.54) is 5.56 Å². The summed E-state index contributed by atoms with van der Waals surface area (Å²) < 4.78 is 5.57. The molecular weight excluding hydrogens is 272 g/mol. The number of hydrogen-bond acceptors (Lipinski definition) is 4. The van der Waals surface area contributed by atoms with Gasteiger partial charge in [-0.3, -0.25) is 4.90 Å². The second kappa shape index (κ2) is 7.69. The van der Waals surface area contributed by atoms with Crippen LogP contribution in [0.25, 0.3) is 0 Å². The van der Waals surface area contributed by atoms with Gasteiger partial charge in [-0.15, -0.1) is 0 Å². The Hall–Kier alpha value is -1.01. The van der Waals surface area contributed by atoms with E-state index in [-0.39, 0.29) is 6.61 Å². The number of nitrogens with two attached hydrogens (primary N) is 1. The Morgan fingerprint density at radius 3 is 2.50 bits per heavy atom. The highest BCUT2D eigenvalue weighted by atomic mass is 32.1. The Morgan fingerprint density at radius 1 is 1.30 bits per heavy atom. The molecule has 3 N–H and O–H groups in total. The molecule has 0 saturated carbocycles. The van der Waals surface area contributed by atoms with Crippen LogP contribution >= 0.6 is 12.2 Å². The highest BCUT2D eigenvalue weighted by Gasteiger charge is 2.19. The predicted molar refractivity (Wildman–Crippen MR) is 83.7 cm³/mol. The molecule has 1 fully saturated rings. The lowest BCUT2D eigenvalue weighted by atomic mass is 10.1. The van der Waals surface area contributed by atoms with E-state index in [0.29, 0.717) is 17.7 Å². The fourth-order valence-electron chi connectivity index (χ4n) is 2.49. The minimum atomic E-state index is 0.107. The summed E-state index contributed by atoms with van der Waals surface area (Å²) >= 11 is 4.95. The van der Waals surface area contributed by atoms with Crippen LogP contribution < -0.4 is 5.73 Å². The van der Waals surface area contributed by atoms with Gasteiger partial charge in [0.25, 0.3) is 0 Å². The lowest BCUT2D eigenvalue weighted by Crippen LogP contribution is -2.36. The Bertz CT molecular complexity index is 428. The maximum Gasteiger partial charge on any atom is 0.103 e. The molecule has 1 saturated heterocycles. The van der Waals surface area contributed by atoms with E-state index < -0.39 is 0 Å². The molecule has 1 aromatic carbocycles. The van der Waals surface area contributed by atoms with Crippen LogP contribution in [0.1, 0.15) is 24.0 Å². The summed E-state index contributed by atoms with van der Waals surface area (Å²) in [5.74, 6) is 0. The highest BCUT2D eigenvalue weighted by Crippen LogP contribution is 2.16. The molecule has 20 heavy (non-hydrogen) atoms. The van der Waals surface area contributed by atoms with Gasteiger partial charge in [-0.2, -0.15) is 0 Å². The zero-order chi connectivity index (χ0) is 14.4. The first-order valence-electron chi connectivity index (χ1n) is 7.02. The van der Waals surface area contributed by atoms with Crippen LogP contribution in [0.2, 0.25) is 0 Å². The molecule has 0 aliphatic carbocycles. The lowest BCUT2D eigenvalue weighted by Gasteiger charge is -2.31. The lowest BCUT2D eigenvalue weighted by molar-refractivity contribution is -0.00901. The first-order chi connectivity index (χ1) is 9.69. The number of rotatable bonds is 6. The van der Waals surface area contributed by atoms with Crippen molar-refractivity contribution in [2.24, 2.45) is 5.73 Å². The number of thiocarbonyl (C=S) groups is 1. The number of likely N-dealkylation sites (tertiary alicyclic amines) is 1. The number of ether oxygens (including phenoxy) is 1. The summed E-state index contributed by atoms with van der Waals surface area (Å²) in [7, 11) is 0. The van der Waals surface area contributed by atoms with Gasteiger partial charge in [-0.25, -0.2) is 0 Å². The largest absolute Gasteiger partial charge is 0.394 e. The monoisotopic (exact) mass is 294 g/mol. The maximum absolute atomic E-state index is 8.75. The highest BCUT2D eigenvalue weighted by molar-refractivity contribution is 7.80. The molecule has 1 aromatic rings. The predicted octanol–water partition coefficient (Wildman–Crippen LogP) is 1.29. The molecule has 0 atom stereocenters. The molecular formula is C15H22N2O2S. The number of nitrogens with zero attached hydrogens (tertiary/aromatic N) is 1. The summed E-state index contributed by atoms with van der Waals surface area (Å²) in [5.41, 5.74) is 7.79. The van der Waals surface area contributed by atoms with Gasteiger partial charge in [0.1, 0.15) is 4.99 Å². The normalized spacial score (nSPS) is 17.2. The van der Waals surface area contributed by atoms with Crippen molar-refractivity contribution in [1.29, 1.82) is 0 Å². The molecule has 0 unspecified atom stereocenters. The molecule has 1 aliphatic rings. The molecule has 2 rings (SSSR count). The van der Waals surface area contributed by atoms with Crippen LogP contribution in [0.3, 0.4) is 0 Å². The average Bonchev–Trinajstić information content (AvgIpc) is 2.47. The van der Waals surface area contributed by atoms with Crippen molar-refractivity contribution < 1.29 is 9.84 Å². The van der Waals surface area contributed by atoms with Gasteiger partial charge in [0.05, 0.1) is 19.3 Å². The van der Waals surface area contributed by atoms with Gasteiger partial charge < -0.3 is 15.6 Å². The molecule has 1 heterocycles. The molecule has 0 spiro atoms. The van der Waals surface area contributed by atoms with E-state index in [0.717, 1.165) is 38.0 Å².